The molecular weight excluding hydrogens is 336 g/mol. The van der Waals surface area contributed by atoms with Gasteiger partial charge in [0.05, 0.1) is 0 Å². The van der Waals surface area contributed by atoms with Crippen LogP contribution in [0.2, 0.25) is 0 Å². The van der Waals surface area contributed by atoms with Crippen LogP contribution in [0.4, 0.5) is 0 Å². The van der Waals surface area contributed by atoms with E-state index in [1.165, 1.54) is 0 Å². The van der Waals surface area contributed by atoms with Gasteiger partial charge < -0.3 is 14.8 Å². The van der Waals surface area contributed by atoms with E-state index in [1.54, 1.807) is 0 Å². The Balaban J connectivity index is 3.70. The van der Waals surface area contributed by atoms with Crippen LogP contribution in [0.5, 0.6) is 0 Å². The maximum absolute atomic E-state index is 12.1. The third kappa shape index (κ3) is 15.7. The zero-order valence-corrected chi connectivity index (χ0v) is 17.6. The minimum Gasteiger partial charge on any atom is -0.616 e. The summed E-state index contributed by atoms with van der Waals surface area (Å²) in [4.78, 5) is 10.7. The molecule has 0 aromatic heterocycles. The zero-order chi connectivity index (χ0) is 19.3. The molecule has 0 fully saturated rings. The van der Waals surface area contributed by atoms with Crippen molar-refractivity contribution in [3.05, 3.63) is 0 Å². The van der Waals surface area contributed by atoms with Crippen LogP contribution < -0.4 is 0 Å². The van der Waals surface area contributed by atoms with Gasteiger partial charge >= 0.3 is 5.97 Å². The number of carboxylic acid groups (broad SMARTS) is 1. The highest BCUT2D eigenvalue weighted by Crippen LogP contribution is 2.30. The van der Waals surface area contributed by atoms with Crippen LogP contribution in [0.25, 0.3) is 0 Å². The van der Waals surface area contributed by atoms with Crippen LogP contribution in [0.3, 0.4) is 0 Å². The molecule has 0 aliphatic heterocycles. The van der Waals surface area contributed by atoms with E-state index in [9.17, 15) is 9.35 Å². The Labute approximate surface area is 158 Å². The van der Waals surface area contributed by atoms with Crippen molar-refractivity contribution >= 4 is 17.1 Å². The molecule has 0 saturated heterocycles. The average molecular weight is 377 g/mol. The zero-order valence-electron chi connectivity index (χ0n) is 16.8. The summed E-state index contributed by atoms with van der Waals surface area (Å²) in [7, 11) is 0. The van der Waals surface area contributed by atoms with Gasteiger partial charge in [-0.3, -0.25) is 4.79 Å². The van der Waals surface area contributed by atoms with Gasteiger partial charge in [-0.1, -0.05) is 38.9 Å². The van der Waals surface area contributed by atoms with Gasteiger partial charge in [-0.05, 0) is 68.6 Å². The number of rotatable bonds is 16. The lowest BCUT2D eigenvalue weighted by atomic mass is 9.83. The molecule has 5 heteroatoms. The Bertz CT molecular complexity index is 356. The molecule has 1 atom stereocenters. The van der Waals surface area contributed by atoms with Crippen molar-refractivity contribution in [3.8, 4) is 0 Å². The van der Waals surface area contributed by atoms with Crippen LogP contribution in [-0.2, 0) is 16.0 Å². The van der Waals surface area contributed by atoms with Crippen LogP contribution in [-0.4, -0.2) is 38.8 Å². The first-order valence-electron chi connectivity index (χ1n) is 9.76. The summed E-state index contributed by atoms with van der Waals surface area (Å²) in [5.74, 6) is 0.829. The number of unbranched alkanes of at least 4 members (excludes halogenated alkanes) is 2. The number of aliphatic hydroxyl groups is 1. The number of aliphatic carboxylic acids is 1. The molecule has 25 heavy (non-hydrogen) atoms. The van der Waals surface area contributed by atoms with Gasteiger partial charge in [0.25, 0.3) is 0 Å². The van der Waals surface area contributed by atoms with E-state index in [0.29, 0.717) is 6.42 Å². The fraction of sp³-hybridized carbons (Fsp3) is 0.950. The van der Waals surface area contributed by atoms with Gasteiger partial charge in [0.15, 0.2) is 0 Å². The first-order chi connectivity index (χ1) is 11.6. The third-order valence-corrected chi connectivity index (χ3v) is 6.47. The molecule has 4 nitrogen and oxygen atoms in total. The maximum Gasteiger partial charge on any atom is 0.303 e. The number of hydrogen-bond donors (Lipinski definition) is 2. The lowest BCUT2D eigenvalue weighted by Crippen LogP contribution is -2.16. The van der Waals surface area contributed by atoms with E-state index in [0.717, 1.165) is 62.9 Å². The van der Waals surface area contributed by atoms with Crippen molar-refractivity contribution in [2.75, 3.05) is 18.1 Å². The second-order valence-electron chi connectivity index (χ2n) is 8.81. The number of hydrogen-bond acceptors (Lipinski definition) is 3. The molecule has 0 aromatic carbocycles. The Kier molecular flexibility index (Phi) is 12.9. The topological polar surface area (TPSA) is 80.6 Å². The third-order valence-electron chi connectivity index (χ3n) is 4.98. The molecule has 0 spiro atoms. The maximum atomic E-state index is 12.1. The van der Waals surface area contributed by atoms with Crippen molar-refractivity contribution in [2.24, 2.45) is 10.8 Å². The lowest BCUT2D eigenvalue weighted by Gasteiger charge is -2.24. The first kappa shape index (κ1) is 24.7. The van der Waals surface area contributed by atoms with E-state index in [1.807, 2.05) is 0 Å². The fourth-order valence-corrected chi connectivity index (χ4v) is 4.34. The van der Waals surface area contributed by atoms with E-state index in [-0.39, 0.29) is 23.9 Å². The minimum atomic E-state index is -0.728. The molecule has 0 radical (unpaired) electrons. The second kappa shape index (κ2) is 13.0. The highest BCUT2D eigenvalue weighted by molar-refractivity contribution is 7.91. The molecule has 0 saturated carbocycles. The largest absolute Gasteiger partial charge is 0.616 e. The molecule has 0 rings (SSSR count). The summed E-state index contributed by atoms with van der Waals surface area (Å²) in [6, 6.07) is 0. The van der Waals surface area contributed by atoms with Crippen molar-refractivity contribution in [1.82, 2.24) is 0 Å². The highest BCUT2D eigenvalue weighted by atomic mass is 32.2. The SMILES string of the molecule is CC(C)(CCCO)CCCC[S+]([O-])CCCCC(C)(C)CCC(=O)O. The van der Waals surface area contributed by atoms with Gasteiger partial charge in [-0.15, -0.1) is 0 Å². The summed E-state index contributed by atoms with van der Waals surface area (Å²) >= 11 is -0.727. The predicted molar refractivity (Wildman–Crippen MR) is 106 cm³/mol. The summed E-state index contributed by atoms with van der Waals surface area (Å²) in [5, 5.41) is 17.7. The molecule has 0 aliphatic rings. The van der Waals surface area contributed by atoms with Crippen molar-refractivity contribution in [2.45, 2.75) is 91.9 Å². The van der Waals surface area contributed by atoms with Crippen molar-refractivity contribution in [3.63, 3.8) is 0 Å². The van der Waals surface area contributed by atoms with Gasteiger partial charge in [0.1, 0.15) is 11.5 Å². The van der Waals surface area contributed by atoms with Crippen LogP contribution in [0.1, 0.15) is 91.9 Å². The molecule has 150 valence electrons. The summed E-state index contributed by atoms with van der Waals surface area (Å²) in [5.41, 5.74) is 0.325. The lowest BCUT2D eigenvalue weighted by molar-refractivity contribution is -0.137. The average Bonchev–Trinajstić information content (AvgIpc) is 2.52. The van der Waals surface area contributed by atoms with Crippen LogP contribution in [0, 0.1) is 10.8 Å². The standard InChI is InChI=1S/C20H40O4S/c1-19(2,13-9-15-21)11-5-7-16-25(24)17-8-6-12-20(3,4)14-10-18(22)23/h21H,5-17H2,1-4H3,(H,22,23). The summed E-state index contributed by atoms with van der Waals surface area (Å²) in [6.45, 7) is 8.98. The molecular formula is C20H40O4S. The van der Waals surface area contributed by atoms with Crippen molar-refractivity contribution < 1.29 is 19.6 Å². The van der Waals surface area contributed by atoms with E-state index in [2.05, 4.69) is 27.7 Å². The second-order valence-corrected chi connectivity index (χ2v) is 10.5. The minimum absolute atomic E-state index is 0.0556. The smallest absolute Gasteiger partial charge is 0.303 e. The van der Waals surface area contributed by atoms with Gasteiger partial charge in [-0.2, -0.15) is 0 Å². The number of carboxylic acids is 1. The molecule has 0 bridgehead atoms. The Hall–Kier alpha value is -0.260. The van der Waals surface area contributed by atoms with Gasteiger partial charge in [0, 0.05) is 13.0 Å². The number of carbonyl (C=O) groups is 1. The normalized spacial score (nSPS) is 13.8. The molecule has 0 heterocycles. The highest BCUT2D eigenvalue weighted by Gasteiger charge is 2.20. The van der Waals surface area contributed by atoms with E-state index >= 15 is 0 Å². The van der Waals surface area contributed by atoms with E-state index in [4.69, 9.17) is 10.2 Å². The molecule has 1 unspecified atom stereocenters. The molecule has 0 aliphatic carbocycles. The molecule has 2 N–H and O–H groups in total. The van der Waals surface area contributed by atoms with Gasteiger partial charge in [0.2, 0.25) is 0 Å². The Morgan fingerprint density at radius 2 is 1.28 bits per heavy atom. The predicted octanol–water partition coefficient (Wildman–Crippen LogP) is 4.77. The monoisotopic (exact) mass is 376 g/mol. The Morgan fingerprint density at radius 3 is 1.72 bits per heavy atom. The van der Waals surface area contributed by atoms with Gasteiger partial charge in [-0.25, -0.2) is 0 Å². The molecule has 0 aromatic rings. The van der Waals surface area contributed by atoms with Crippen LogP contribution >= 0.6 is 0 Å². The fourth-order valence-electron chi connectivity index (χ4n) is 3.09. The first-order valence-corrected chi connectivity index (χ1v) is 11.2. The summed E-state index contributed by atoms with van der Waals surface area (Å²) in [6.07, 6.45) is 9.07. The quantitative estimate of drug-likeness (QED) is 0.300. The molecule has 0 amide bonds. The van der Waals surface area contributed by atoms with E-state index < -0.39 is 17.1 Å². The van der Waals surface area contributed by atoms with Crippen molar-refractivity contribution in [1.29, 1.82) is 0 Å². The summed E-state index contributed by atoms with van der Waals surface area (Å²) < 4.78 is 12.1. The Morgan fingerprint density at radius 1 is 0.840 bits per heavy atom. The van der Waals surface area contributed by atoms with Crippen LogP contribution in [0.15, 0.2) is 0 Å². The number of aliphatic hydroxyl groups excluding tert-OH is 1.